The minimum Gasteiger partial charge on any atom is -0.468 e. The van der Waals surface area contributed by atoms with Crippen LogP contribution < -0.4 is 0 Å². The van der Waals surface area contributed by atoms with Crippen molar-refractivity contribution in [1.82, 2.24) is 0 Å². The van der Waals surface area contributed by atoms with Gasteiger partial charge in [0, 0.05) is 35.9 Å². The van der Waals surface area contributed by atoms with E-state index in [4.69, 9.17) is 14.2 Å². The summed E-state index contributed by atoms with van der Waals surface area (Å²) in [6.07, 6.45) is 0.115. The summed E-state index contributed by atoms with van der Waals surface area (Å²) < 4.78 is 14.7. The second-order valence-electron chi connectivity index (χ2n) is 6.50. The van der Waals surface area contributed by atoms with Crippen LogP contribution in [0.1, 0.15) is 38.7 Å². The zero-order valence-electron chi connectivity index (χ0n) is 17.0. The van der Waals surface area contributed by atoms with Crippen LogP contribution in [0.5, 0.6) is 0 Å². The molecule has 1 heterocycles. The largest absolute Gasteiger partial charge is 0.468 e. The highest BCUT2D eigenvalue weighted by atomic mass is 16.7. The summed E-state index contributed by atoms with van der Waals surface area (Å²) in [6, 6.07) is 5.63. The summed E-state index contributed by atoms with van der Waals surface area (Å²) in [6.45, 7) is 4.17. The van der Waals surface area contributed by atoms with E-state index in [9.17, 15) is 24.5 Å². The van der Waals surface area contributed by atoms with E-state index in [0.29, 0.717) is 11.3 Å². The Balaban J connectivity index is 2.51. The van der Waals surface area contributed by atoms with Crippen LogP contribution in [0.25, 0.3) is 0 Å². The first kappa shape index (κ1) is 22.7. The van der Waals surface area contributed by atoms with Crippen molar-refractivity contribution in [2.45, 2.75) is 33.1 Å². The molecule has 0 aromatic heterocycles. The first-order valence-corrected chi connectivity index (χ1v) is 9.12. The smallest absolute Gasteiger partial charge is 0.339 e. The molecule has 0 radical (unpaired) electrons. The molecular weight excluding hydrogens is 396 g/mol. The first-order chi connectivity index (χ1) is 14.2. The number of nitro groups is 1. The number of nitro benzene ring substituents is 1. The molecule has 0 N–H and O–H groups in total. The maximum absolute atomic E-state index is 12.8. The summed E-state index contributed by atoms with van der Waals surface area (Å²) in [7, 11) is 1.20. The minimum atomic E-state index is -0.985. The Morgan fingerprint density at radius 3 is 2.50 bits per heavy atom. The predicted octanol–water partition coefficient (Wildman–Crippen LogP) is 2.67. The van der Waals surface area contributed by atoms with E-state index < -0.39 is 41.5 Å². The van der Waals surface area contributed by atoms with E-state index in [1.165, 1.54) is 25.3 Å². The van der Waals surface area contributed by atoms with Crippen LogP contribution in [-0.4, -0.2) is 42.4 Å². The van der Waals surface area contributed by atoms with Crippen molar-refractivity contribution in [2.24, 2.45) is 10.9 Å². The van der Waals surface area contributed by atoms with Crippen molar-refractivity contribution < 1.29 is 33.5 Å². The fourth-order valence-electron chi connectivity index (χ4n) is 3.25. The fraction of sp³-hybridized carbons (Fsp3) is 0.400. The number of aliphatic imine (C=N–C) groups is 1. The third-order valence-electron chi connectivity index (χ3n) is 4.64. The Labute approximate surface area is 172 Å². The van der Waals surface area contributed by atoms with Crippen molar-refractivity contribution >= 4 is 29.3 Å². The fourth-order valence-corrected chi connectivity index (χ4v) is 3.25. The quantitative estimate of drug-likeness (QED) is 0.285. The Morgan fingerprint density at radius 1 is 1.20 bits per heavy atom. The number of hydrogen-bond donors (Lipinski definition) is 0. The molecule has 10 nitrogen and oxygen atoms in total. The molecule has 10 heteroatoms. The molecule has 1 aromatic rings. The van der Waals surface area contributed by atoms with Gasteiger partial charge in [0.2, 0.25) is 6.79 Å². The van der Waals surface area contributed by atoms with E-state index in [1.54, 1.807) is 26.8 Å². The summed E-state index contributed by atoms with van der Waals surface area (Å²) in [5.41, 5.74) is 0.870. The molecule has 1 aliphatic heterocycles. The molecule has 0 fully saturated rings. The lowest BCUT2D eigenvalue weighted by Gasteiger charge is -2.31. The Hall–Kier alpha value is -3.56. The Morgan fingerprint density at radius 2 is 1.90 bits per heavy atom. The predicted molar refractivity (Wildman–Crippen MR) is 104 cm³/mol. The zero-order valence-corrected chi connectivity index (χ0v) is 17.0. The molecule has 2 rings (SSSR count). The molecule has 1 aromatic carbocycles. The van der Waals surface area contributed by atoms with Gasteiger partial charge in [-0.25, -0.2) is 4.79 Å². The molecule has 1 aliphatic rings. The van der Waals surface area contributed by atoms with Crippen molar-refractivity contribution in [3.05, 3.63) is 51.2 Å². The van der Waals surface area contributed by atoms with E-state index in [-0.39, 0.29) is 23.4 Å². The number of benzene rings is 1. The summed E-state index contributed by atoms with van der Waals surface area (Å²) in [5, 5.41) is 11.2. The molecule has 0 spiro atoms. The molecule has 0 amide bonds. The van der Waals surface area contributed by atoms with Gasteiger partial charge in [0.25, 0.3) is 5.69 Å². The van der Waals surface area contributed by atoms with E-state index in [2.05, 4.69) is 4.99 Å². The highest BCUT2D eigenvalue weighted by Gasteiger charge is 2.42. The lowest BCUT2D eigenvalue weighted by atomic mass is 9.75. The van der Waals surface area contributed by atoms with Crippen molar-refractivity contribution in [3.8, 4) is 0 Å². The second kappa shape index (κ2) is 9.77. The Bertz CT molecular complexity index is 934. The highest BCUT2D eigenvalue weighted by molar-refractivity contribution is 6.07. The molecule has 0 bridgehead atoms. The zero-order chi connectivity index (χ0) is 22.4. The molecule has 2 atom stereocenters. The molecule has 30 heavy (non-hydrogen) atoms. The molecule has 0 saturated carbocycles. The number of rotatable bonds is 7. The van der Waals surface area contributed by atoms with Gasteiger partial charge < -0.3 is 14.2 Å². The van der Waals surface area contributed by atoms with Crippen LogP contribution in [-0.2, 0) is 28.6 Å². The van der Waals surface area contributed by atoms with Crippen LogP contribution >= 0.6 is 0 Å². The van der Waals surface area contributed by atoms with Crippen LogP contribution in [0.15, 0.2) is 40.5 Å². The number of allylic oxidation sites excluding steroid dienone is 1. The number of carbonyl (C=O) groups is 3. The average Bonchev–Trinajstić information content (AvgIpc) is 2.72. The standard InChI is InChI=1S/C20H22N2O8/c1-5-15(23)29-10-30-20(25)17-12(3)21-11(2)16(19(24)28-4)18(17)13-7-6-8-14(9-13)22(26)27/h6-9,16,18H,5,10H2,1-4H3. The average molecular weight is 418 g/mol. The third-order valence-corrected chi connectivity index (χ3v) is 4.64. The van der Waals surface area contributed by atoms with Gasteiger partial charge in [0.1, 0.15) is 5.92 Å². The lowest BCUT2D eigenvalue weighted by molar-refractivity contribution is -0.384. The molecule has 160 valence electrons. The van der Waals surface area contributed by atoms with Crippen LogP contribution in [0, 0.1) is 16.0 Å². The number of ether oxygens (including phenoxy) is 3. The molecule has 0 saturated heterocycles. The molecular formula is C20H22N2O8. The number of non-ortho nitro benzene ring substituents is 1. The maximum Gasteiger partial charge on any atom is 0.339 e. The van der Waals surface area contributed by atoms with E-state index in [1.807, 2.05) is 0 Å². The second-order valence-corrected chi connectivity index (χ2v) is 6.50. The van der Waals surface area contributed by atoms with Gasteiger partial charge >= 0.3 is 17.9 Å². The van der Waals surface area contributed by atoms with Crippen molar-refractivity contribution in [3.63, 3.8) is 0 Å². The maximum atomic E-state index is 12.8. The van der Waals surface area contributed by atoms with Gasteiger partial charge in [0.15, 0.2) is 0 Å². The number of carbonyl (C=O) groups excluding carboxylic acids is 3. The Kier molecular flexibility index (Phi) is 7.40. The van der Waals surface area contributed by atoms with E-state index >= 15 is 0 Å². The van der Waals surface area contributed by atoms with Gasteiger partial charge in [-0.05, 0) is 19.4 Å². The lowest BCUT2D eigenvalue weighted by Crippen LogP contribution is -2.36. The monoisotopic (exact) mass is 418 g/mol. The van der Waals surface area contributed by atoms with Gasteiger partial charge in [-0.2, -0.15) is 0 Å². The van der Waals surface area contributed by atoms with Gasteiger partial charge in [-0.1, -0.05) is 19.1 Å². The van der Waals surface area contributed by atoms with E-state index in [0.717, 1.165) is 0 Å². The van der Waals surface area contributed by atoms with Crippen LogP contribution in [0.3, 0.4) is 0 Å². The SMILES string of the molecule is CCC(=O)OCOC(=O)C1=C(C)N=C(C)C(C(=O)OC)C1c1cccc([N+](=O)[O-])c1. The van der Waals surface area contributed by atoms with Crippen LogP contribution in [0.2, 0.25) is 0 Å². The minimum absolute atomic E-state index is 0.0315. The van der Waals surface area contributed by atoms with Crippen molar-refractivity contribution in [2.75, 3.05) is 13.9 Å². The topological polar surface area (TPSA) is 134 Å². The summed E-state index contributed by atoms with van der Waals surface area (Å²) in [4.78, 5) is 51.5. The van der Waals surface area contributed by atoms with Gasteiger partial charge in [-0.15, -0.1) is 0 Å². The number of esters is 3. The summed E-state index contributed by atoms with van der Waals surface area (Å²) >= 11 is 0. The third kappa shape index (κ3) is 4.88. The van der Waals surface area contributed by atoms with Gasteiger partial charge in [0.05, 0.1) is 17.6 Å². The molecule has 0 aliphatic carbocycles. The van der Waals surface area contributed by atoms with Crippen molar-refractivity contribution in [1.29, 1.82) is 0 Å². The normalized spacial score (nSPS) is 18.3. The number of methoxy groups -OCH3 is 1. The van der Waals surface area contributed by atoms with Gasteiger partial charge in [-0.3, -0.25) is 24.7 Å². The van der Waals surface area contributed by atoms with Crippen LogP contribution in [0.4, 0.5) is 5.69 Å². The number of hydrogen-bond acceptors (Lipinski definition) is 9. The number of nitrogens with zero attached hydrogens (tertiary/aromatic N) is 2. The summed E-state index contributed by atoms with van der Waals surface area (Å²) in [5.74, 6) is -3.96. The first-order valence-electron chi connectivity index (χ1n) is 9.12. The highest BCUT2D eigenvalue weighted by Crippen LogP contribution is 2.40. The molecule has 2 unspecified atom stereocenters.